The number of rotatable bonds is 5. The lowest BCUT2D eigenvalue weighted by Gasteiger charge is -2.06. The number of methoxy groups -OCH3 is 1. The summed E-state index contributed by atoms with van der Waals surface area (Å²) in [6.45, 7) is -2.54. The van der Waals surface area contributed by atoms with Gasteiger partial charge in [-0.15, -0.1) is 11.8 Å². The summed E-state index contributed by atoms with van der Waals surface area (Å²) < 4.78 is 31.1. The Balaban J connectivity index is 2.00. The molecule has 1 heterocycles. The zero-order valence-corrected chi connectivity index (χ0v) is 10.5. The van der Waals surface area contributed by atoms with Crippen molar-refractivity contribution in [3.8, 4) is 5.75 Å². The molecule has 18 heavy (non-hydrogen) atoms. The zero-order chi connectivity index (χ0) is 13.0. The van der Waals surface area contributed by atoms with Crippen molar-refractivity contribution < 1.29 is 13.5 Å². The SMILES string of the molecule is COc1ccc(SCc2nccn2C(F)F)cc1. The Labute approximate surface area is 108 Å². The first-order valence-electron chi connectivity index (χ1n) is 5.27. The van der Waals surface area contributed by atoms with E-state index in [1.807, 2.05) is 24.3 Å². The van der Waals surface area contributed by atoms with E-state index >= 15 is 0 Å². The van der Waals surface area contributed by atoms with Crippen molar-refractivity contribution in [2.24, 2.45) is 0 Å². The highest BCUT2D eigenvalue weighted by molar-refractivity contribution is 7.98. The molecular formula is C12H12F2N2OS. The molecule has 0 saturated heterocycles. The normalized spacial score (nSPS) is 10.9. The third kappa shape index (κ3) is 3.01. The molecule has 96 valence electrons. The lowest BCUT2D eigenvalue weighted by Crippen LogP contribution is -2.01. The molecule has 2 aromatic rings. The minimum atomic E-state index is -2.54. The highest BCUT2D eigenvalue weighted by Crippen LogP contribution is 2.25. The Morgan fingerprint density at radius 3 is 2.67 bits per heavy atom. The molecule has 0 N–H and O–H groups in total. The summed E-state index contributed by atoms with van der Waals surface area (Å²) >= 11 is 1.46. The topological polar surface area (TPSA) is 27.1 Å². The van der Waals surface area contributed by atoms with Gasteiger partial charge in [0.2, 0.25) is 0 Å². The number of ether oxygens (including phenoxy) is 1. The Morgan fingerprint density at radius 2 is 2.06 bits per heavy atom. The number of nitrogens with zero attached hydrogens (tertiary/aromatic N) is 2. The van der Waals surface area contributed by atoms with E-state index in [9.17, 15) is 8.78 Å². The summed E-state index contributed by atoms with van der Waals surface area (Å²) in [4.78, 5) is 4.91. The van der Waals surface area contributed by atoms with Gasteiger partial charge >= 0.3 is 6.55 Å². The fraction of sp³-hybridized carbons (Fsp3) is 0.250. The molecule has 0 radical (unpaired) electrons. The molecule has 0 aliphatic rings. The Bertz CT molecular complexity index is 499. The van der Waals surface area contributed by atoms with Crippen molar-refractivity contribution in [2.75, 3.05) is 7.11 Å². The van der Waals surface area contributed by atoms with Crippen molar-refractivity contribution in [1.29, 1.82) is 0 Å². The quantitative estimate of drug-likeness (QED) is 0.777. The molecule has 0 bridgehead atoms. The minimum absolute atomic E-state index is 0.366. The van der Waals surface area contributed by atoms with Gasteiger partial charge in [-0.1, -0.05) is 0 Å². The van der Waals surface area contributed by atoms with E-state index in [-0.39, 0.29) is 0 Å². The molecule has 0 spiro atoms. The fourth-order valence-corrected chi connectivity index (χ4v) is 2.30. The van der Waals surface area contributed by atoms with E-state index in [1.54, 1.807) is 7.11 Å². The van der Waals surface area contributed by atoms with E-state index in [1.165, 1.54) is 24.2 Å². The molecule has 0 aliphatic carbocycles. The van der Waals surface area contributed by atoms with E-state index in [2.05, 4.69) is 4.98 Å². The van der Waals surface area contributed by atoms with Crippen LogP contribution in [0.4, 0.5) is 8.78 Å². The molecule has 1 aromatic carbocycles. The number of imidazole rings is 1. The first kappa shape index (κ1) is 12.9. The monoisotopic (exact) mass is 270 g/mol. The van der Waals surface area contributed by atoms with Gasteiger partial charge in [0.15, 0.2) is 0 Å². The highest BCUT2D eigenvalue weighted by Gasteiger charge is 2.11. The van der Waals surface area contributed by atoms with Crippen LogP contribution in [-0.4, -0.2) is 16.7 Å². The van der Waals surface area contributed by atoms with Crippen LogP contribution in [-0.2, 0) is 5.75 Å². The second-order valence-corrected chi connectivity index (χ2v) is 4.54. The minimum Gasteiger partial charge on any atom is -0.497 e. The van der Waals surface area contributed by atoms with Gasteiger partial charge in [0.05, 0.1) is 12.9 Å². The maximum absolute atomic E-state index is 12.6. The van der Waals surface area contributed by atoms with E-state index in [0.29, 0.717) is 11.6 Å². The molecule has 6 heteroatoms. The molecule has 3 nitrogen and oxygen atoms in total. The predicted octanol–water partition coefficient (Wildman–Crippen LogP) is 3.58. The third-order valence-electron chi connectivity index (χ3n) is 2.39. The summed E-state index contributed by atoms with van der Waals surface area (Å²) in [5, 5.41) is 0. The third-order valence-corrected chi connectivity index (χ3v) is 3.39. The lowest BCUT2D eigenvalue weighted by molar-refractivity contribution is 0.0678. The van der Waals surface area contributed by atoms with Crippen LogP contribution in [0.1, 0.15) is 12.4 Å². The molecule has 0 unspecified atom stereocenters. The summed E-state index contributed by atoms with van der Waals surface area (Å²) in [6, 6.07) is 7.45. The highest BCUT2D eigenvalue weighted by atomic mass is 32.2. The van der Waals surface area contributed by atoms with Crippen molar-refractivity contribution >= 4 is 11.8 Å². The number of aromatic nitrogens is 2. The summed E-state index contributed by atoms with van der Waals surface area (Å²) in [6.07, 6.45) is 2.67. The fourth-order valence-electron chi connectivity index (χ4n) is 1.45. The van der Waals surface area contributed by atoms with Gasteiger partial charge in [-0.2, -0.15) is 8.78 Å². The number of thioether (sulfide) groups is 1. The van der Waals surface area contributed by atoms with Crippen molar-refractivity contribution in [2.45, 2.75) is 17.2 Å². The van der Waals surface area contributed by atoms with Crippen LogP contribution in [0, 0.1) is 0 Å². The molecule has 0 saturated carbocycles. The van der Waals surface area contributed by atoms with E-state index < -0.39 is 6.55 Å². The van der Waals surface area contributed by atoms with E-state index in [0.717, 1.165) is 15.2 Å². The number of benzene rings is 1. The Morgan fingerprint density at radius 1 is 1.33 bits per heavy atom. The number of alkyl halides is 2. The van der Waals surface area contributed by atoms with Gasteiger partial charge in [-0.05, 0) is 24.3 Å². The van der Waals surface area contributed by atoms with Crippen molar-refractivity contribution in [1.82, 2.24) is 9.55 Å². The average molecular weight is 270 g/mol. The van der Waals surface area contributed by atoms with Crippen LogP contribution in [0.3, 0.4) is 0 Å². The standard InChI is InChI=1S/C12H12F2N2OS/c1-17-9-2-4-10(5-3-9)18-8-11-15-6-7-16(11)12(13)14/h2-7,12H,8H2,1H3. The maximum Gasteiger partial charge on any atom is 0.319 e. The average Bonchev–Trinajstić information content (AvgIpc) is 2.85. The predicted molar refractivity (Wildman–Crippen MR) is 66.0 cm³/mol. The molecule has 1 aromatic heterocycles. The lowest BCUT2D eigenvalue weighted by atomic mass is 10.3. The Hall–Kier alpha value is -1.56. The molecule has 0 fully saturated rings. The molecule has 0 aliphatic heterocycles. The van der Waals surface area contributed by atoms with Crippen LogP contribution >= 0.6 is 11.8 Å². The number of halogens is 2. The summed E-state index contributed by atoms with van der Waals surface area (Å²) in [7, 11) is 1.60. The van der Waals surface area contributed by atoms with Gasteiger partial charge in [0, 0.05) is 17.3 Å². The molecular weight excluding hydrogens is 258 g/mol. The van der Waals surface area contributed by atoms with Gasteiger partial charge in [0.25, 0.3) is 0 Å². The van der Waals surface area contributed by atoms with Crippen LogP contribution in [0.25, 0.3) is 0 Å². The van der Waals surface area contributed by atoms with Crippen LogP contribution in [0.5, 0.6) is 5.75 Å². The first-order valence-corrected chi connectivity index (χ1v) is 6.26. The van der Waals surface area contributed by atoms with Crippen LogP contribution < -0.4 is 4.74 Å². The van der Waals surface area contributed by atoms with E-state index in [4.69, 9.17) is 4.74 Å². The van der Waals surface area contributed by atoms with Gasteiger partial charge in [-0.3, -0.25) is 4.57 Å². The number of hydrogen-bond donors (Lipinski definition) is 0. The Kier molecular flexibility index (Phi) is 4.19. The van der Waals surface area contributed by atoms with Crippen LogP contribution in [0.2, 0.25) is 0 Å². The zero-order valence-electron chi connectivity index (χ0n) is 9.72. The van der Waals surface area contributed by atoms with Gasteiger partial charge in [0.1, 0.15) is 11.6 Å². The van der Waals surface area contributed by atoms with Crippen molar-refractivity contribution in [3.63, 3.8) is 0 Å². The van der Waals surface area contributed by atoms with Crippen LogP contribution in [0.15, 0.2) is 41.6 Å². The first-order chi connectivity index (χ1) is 8.70. The summed E-state index contributed by atoms with van der Waals surface area (Å²) in [5.41, 5.74) is 0. The summed E-state index contributed by atoms with van der Waals surface area (Å²) in [5.74, 6) is 1.54. The largest absolute Gasteiger partial charge is 0.497 e. The molecule has 0 atom stereocenters. The maximum atomic E-state index is 12.6. The molecule has 2 rings (SSSR count). The van der Waals surface area contributed by atoms with Gasteiger partial charge in [-0.25, -0.2) is 4.98 Å². The second kappa shape index (κ2) is 5.86. The second-order valence-electron chi connectivity index (χ2n) is 3.49. The number of hydrogen-bond acceptors (Lipinski definition) is 3. The van der Waals surface area contributed by atoms with Crippen molar-refractivity contribution in [3.05, 3.63) is 42.5 Å². The smallest absolute Gasteiger partial charge is 0.319 e. The van der Waals surface area contributed by atoms with Gasteiger partial charge < -0.3 is 4.74 Å². The molecule has 0 amide bonds.